The fraction of sp³-hybridized carbons (Fsp3) is 0.143. The van der Waals surface area contributed by atoms with Crippen LogP contribution < -0.4 is 5.30 Å². The molecule has 13 heavy (non-hydrogen) atoms. The fourth-order valence-corrected chi connectivity index (χ4v) is 5.69. The van der Waals surface area contributed by atoms with E-state index in [-0.39, 0.29) is 5.62 Å². The second-order valence-corrected chi connectivity index (χ2v) is 9.07. The van der Waals surface area contributed by atoms with Crippen LogP contribution in [0.1, 0.15) is 0 Å². The van der Waals surface area contributed by atoms with Gasteiger partial charge in [-0.2, -0.15) is 0 Å². The zero-order valence-electron chi connectivity index (χ0n) is 6.41. The highest BCUT2D eigenvalue weighted by Gasteiger charge is 2.26. The largest absolute Gasteiger partial charge is 0.305 e. The minimum Gasteiger partial charge on any atom is -0.305 e. The number of alkyl halides is 1. The van der Waals surface area contributed by atoms with Crippen LogP contribution in [0.3, 0.4) is 0 Å². The third-order valence-electron chi connectivity index (χ3n) is 1.49. The lowest BCUT2D eigenvalue weighted by atomic mass is 10.4. The van der Waals surface area contributed by atoms with Crippen LogP contribution in [-0.2, 0) is 4.57 Å². The van der Waals surface area contributed by atoms with Gasteiger partial charge in [-0.15, -0.1) is 11.6 Å². The molecule has 0 amide bonds. The molecule has 0 aliphatic carbocycles. The maximum absolute atomic E-state index is 12.0. The number of hydrogen-bond donors (Lipinski definition) is 0. The topological polar surface area (TPSA) is 17.1 Å². The van der Waals surface area contributed by atoms with Crippen molar-refractivity contribution in [3.05, 3.63) is 29.3 Å². The molecule has 6 heteroatoms. The van der Waals surface area contributed by atoms with Gasteiger partial charge in [-0.1, -0.05) is 23.7 Å². The van der Waals surface area contributed by atoms with E-state index in [1.54, 1.807) is 24.3 Å². The first kappa shape index (κ1) is 11.7. The average Bonchev–Trinajstić information content (AvgIpc) is 2.17. The first-order chi connectivity index (χ1) is 6.14. The van der Waals surface area contributed by atoms with Crippen molar-refractivity contribution < 1.29 is 4.57 Å². The van der Waals surface area contributed by atoms with Gasteiger partial charge in [0.05, 0.1) is 10.6 Å². The van der Waals surface area contributed by atoms with Crippen LogP contribution >= 0.6 is 50.8 Å². The summed E-state index contributed by atoms with van der Waals surface area (Å²) < 4.78 is 12.0. The maximum atomic E-state index is 12.0. The quantitative estimate of drug-likeness (QED) is 0.603. The monoisotopic (exact) mass is 274 g/mol. The molecule has 1 rings (SSSR count). The van der Waals surface area contributed by atoms with E-state index in [0.717, 1.165) is 10.6 Å². The van der Waals surface area contributed by atoms with Crippen molar-refractivity contribution in [1.82, 2.24) is 0 Å². The normalized spacial score (nSPS) is 15.3. The Bertz CT molecular complexity index is 336. The van der Waals surface area contributed by atoms with E-state index in [9.17, 15) is 4.57 Å². The summed E-state index contributed by atoms with van der Waals surface area (Å²) in [5, 5.41) is 0.978. The minimum atomic E-state index is -2.76. The molecule has 0 radical (unpaired) electrons. The van der Waals surface area contributed by atoms with Gasteiger partial charge in [0.25, 0.3) is 0 Å². The van der Waals surface area contributed by atoms with Gasteiger partial charge in [0, 0.05) is 15.9 Å². The average molecular weight is 276 g/mol. The highest BCUT2D eigenvalue weighted by atomic mass is 35.7. The molecule has 0 heterocycles. The summed E-state index contributed by atoms with van der Waals surface area (Å²) in [6.45, 7) is 0. The summed E-state index contributed by atoms with van der Waals surface area (Å²) in [4.78, 5) is 0. The van der Waals surface area contributed by atoms with Crippen LogP contribution in [0.4, 0.5) is 0 Å². The number of halogens is 3. The standard InChI is InChI=1S/C7H6Cl3OPS/c8-5-12(11,13-10)7-4-2-1-3-6(7)9/h1-4H,5H2. The van der Waals surface area contributed by atoms with Crippen LogP contribution in [0.15, 0.2) is 24.3 Å². The van der Waals surface area contributed by atoms with E-state index in [1.165, 1.54) is 0 Å². The van der Waals surface area contributed by atoms with Crippen molar-refractivity contribution in [1.29, 1.82) is 0 Å². The van der Waals surface area contributed by atoms with Gasteiger partial charge >= 0.3 is 0 Å². The first-order valence-electron chi connectivity index (χ1n) is 3.34. The maximum Gasteiger partial charge on any atom is 0.197 e. The minimum absolute atomic E-state index is 0.00903. The molecule has 1 unspecified atom stereocenters. The molecule has 1 aromatic rings. The predicted octanol–water partition coefficient (Wildman–Crippen LogP) is 4.33. The molecule has 1 nitrogen and oxygen atoms in total. The van der Waals surface area contributed by atoms with Crippen LogP contribution in [0.2, 0.25) is 5.02 Å². The van der Waals surface area contributed by atoms with Gasteiger partial charge in [0.15, 0.2) is 6.34 Å². The Morgan fingerprint density at radius 1 is 1.38 bits per heavy atom. The zero-order valence-corrected chi connectivity index (χ0v) is 10.4. The van der Waals surface area contributed by atoms with E-state index in [0.29, 0.717) is 10.3 Å². The molecule has 0 saturated carbocycles. The van der Waals surface area contributed by atoms with Gasteiger partial charge in [0.1, 0.15) is 0 Å². The van der Waals surface area contributed by atoms with Crippen molar-refractivity contribution in [2.24, 2.45) is 0 Å². The first-order valence-corrected chi connectivity index (χ1v) is 8.40. The summed E-state index contributed by atoms with van der Waals surface area (Å²) in [6.07, 6.45) is -2.76. The Kier molecular flexibility index (Phi) is 4.47. The zero-order chi connectivity index (χ0) is 9.90. The molecule has 0 spiro atoms. The Morgan fingerprint density at radius 3 is 2.46 bits per heavy atom. The van der Waals surface area contributed by atoms with Gasteiger partial charge in [-0.05, 0) is 22.8 Å². The molecule has 0 bridgehead atoms. The van der Waals surface area contributed by atoms with E-state index >= 15 is 0 Å². The van der Waals surface area contributed by atoms with Crippen LogP contribution in [0.25, 0.3) is 0 Å². The van der Waals surface area contributed by atoms with Crippen molar-refractivity contribution >= 4 is 56.1 Å². The molecular formula is C7H6Cl3OPS. The van der Waals surface area contributed by atoms with Crippen LogP contribution in [0.5, 0.6) is 0 Å². The summed E-state index contributed by atoms with van der Waals surface area (Å²) in [6, 6.07) is 6.88. The molecule has 0 fully saturated rings. The second kappa shape index (κ2) is 4.95. The smallest absolute Gasteiger partial charge is 0.197 e. The van der Waals surface area contributed by atoms with E-state index in [2.05, 4.69) is 0 Å². The number of rotatable bonds is 3. The van der Waals surface area contributed by atoms with Crippen molar-refractivity contribution in [3.8, 4) is 0 Å². The molecule has 1 atom stereocenters. The van der Waals surface area contributed by atoms with Gasteiger partial charge < -0.3 is 4.57 Å². The number of benzene rings is 1. The highest BCUT2D eigenvalue weighted by molar-refractivity contribution is 8.70. The summed E-state index contributed by atoms with van der Waals surface area (Å²) in [7, 11) is 6.28. The Balaban J connectivity index is 3.20. The third-order valence-corrected chi connectivity index (χ3v) is 8.70. The Labute approximate surface area is 95.4 Å². The molecule has 0 aliphatic rings. The molecular weight excluding hydrogens is 269 g/mol. The molecule has 72 valence electrons. The van der Waals surface area contributed by atoms with Gasteiger partial charge in [-0.3, -0.25) is 0 Å². The van der Waals surface area contributed by atoms with Gasteiger partial charge in [0.2, 0.25) is 0 Å². The van der Waals surface area contributed by atoms with Crippen LogP contribution in [0, 0.1) is 0 Å². The van der Waals surface area contributed by atoms with Crippen molar-refractivity contribution in [2.75, 3.05) is 5.62 Å². The van der Waals surface area contributed by atoms with Crippen molar-refractivity contribution in [3.63, 3.8) is 0 Å². The SMILES string of the molecule is O=P(CCl)(SCl)c1ccccc1Cl. The lowest BCUT2D eigenvalue weighted by Gasteiger charge is -2.11. The molecule has 0 saturated heterocycles. The van der Waals surface area contributed by atoms with Gasteiger partial charge in [-0.25, -0.2) is 0 Å². The Morgan fingerprint density at radius 2 is 2.00 bits per heavy atom. The fourth-order valence-electron chi connectivity index (χ4n) is 0.848. The van der Waals surface area contributed by atoms with E-state index < -0.39 is 6.34 Å². The summed E-state index contributed by atoms with van der Waals surface area (Å²) >= 11 is 11.5. The lowest BCUT2D eigenvalue weighted by Crippen LogP contribution is -2.03. The molecule has 0 N–H and O–H groups in total. The highest BCUT2D eigenvalue weighted by Crippen LogP contribution is 2.61. The third kappa shape index (κ3) is 2.57. The van der Waals surface area contributed by atoms with Crippen molar-refractivity contribution in [2.45, 2.75) is 0 Å². The van der Waals surface area contributed by atoms with E-state index in [1.807, 2.05) is 0 Å². The summed E-state index contributed by atoms with van der Waals surface area (Å²) in [5.41, 5.74) is -0.00903. The van der Waals surface area contributed by atoms with E-state index in [4.69, 9.17) is 33.9 Å². The lowest BCUT2D eigenvalue weighted by molar-refractivity contribution is 0.593. The predicted molar refractivity (Wildman–Crippen MR) is 62.9 cm³/mol. The molecule has 0 aliphatic heterocycles. The Hall–Kier alpha value is 0.670. The number of hydrogen-bond acceptors (Lipinski definition) is 2. The molecule has 1 aromatic carbocycles. The molecule has 0 aromatic heterocycles. The summed E-state index contributed by atoms with van der Waals surface area (Å²) in [5.74, 6) is 0. The second-order valence-electron chi connectivity index (χ2n) is 2.31. The van der Waals surface area contributed by atoms with Crippen LogP contribution in [-0.4, -0.2) is 5.62 Å².